The minimum atomic E-state index is -1.95. The molecule has 4 fully saturated rings. The van der Waals surface area contributed by atoms with E-state index in [1.165, 1.54) is 31.1 Å². The summed E-state index contributed by atoms with van der Waals surface area (Å²) >= 11 is 0. The summed E-state index contributed by atoms with van der Waals surface area (Å²) in [6, 6.07) is 18.2. The van der Waals surface area contributed by atoms with Gasteiger partial charge in [-0.1, -0.05) is 72.4 Å². The number of ether oxygens (including phenoxy) is 4. The Morgan fingerprint density at radius 3 is 1.52 bits per heavy atom. The lowest BCUT2D eigenvalue weighted by Gasteiger charge is -2.37. The molecule has 8 atom stereocenters. The first-order valence-corrected chi connectivity index (χ1v) is 35.3. The smallest absolute Gasteiger partial charge is 0.247 e. The van der Waals surface area contributed by atoms with Crippen molar-refractivity contribution in [3.8, 4) is 0 Å². The van der Waals surface area contributed by atoms with E-state index in [-0.39, 0.29) is 81.6 Å². The second-order valence-electron chi connectivity index (χ2n) is 26.9. The fraction of sp³-hybridized carbons (Fsp3) is 0.508. The number of hydrogen-bond donors (Lipinski definition) is 4. The number of aromatic nitrogens is 8. The van der Waals surface area contributed by atoms with Crippen molar-refractivity contribution in [2.24, 2.45) is 11.8 Å². The third-order valence-corrected chi connectivity index (χ3v) is 26.4. The number of nitrogens with zero attached hydrogens (tertiary/aromatic N) is 8. The maximum atomic E-state index is 13.7. The van der Waals surface area contributed by atoms with Crippen LogP contribution in [0, 0.1) is 11.8 Å². The third-order valence-electron chi connectivity index (χ3n) is 17.4. The van der Waals surface area contributed by atoms with Crippen molar-refractivity contribution in [1.82, 2.24) is 39.5 Å². The number of carbonyl (C=O) groups excluding carboxylic acids is 3. The molecule has 10 rings (SSSR count). The fourth-order valence-electron chi connectivity index (χ4n) is 10.8. The average Bonchev–Trinajstić information content (AvgIpc) is 1.67. The third kappa shape index (κ3) is 14.9. The normalized spacial score (nSPS) is 23.2. The summed E-state index contributed by atoms with van der Waals surface area (Å²) in [4.78, 5) is 56.1. The number of hydrogen-bond acceptors (Lipinski definition) is 18. The lowest BCUT2D eigenvalue weighted by Crippen LogP contribution is -2.43. The van der Waals surface area contributed by atoms with Crippen molar-refractivity contribution in [2.45, 2.75) is 180 Å². The summed E-state index contributed by atoms with van der Waals surface area (Å²) in [5, 5.41) is 19.0. The van der Waals surface area contributed by atoms with Gasteiger partial charge in [-0.15, -0.1) is 0 Å². The van der Waals surface area contributed by atoms with Crippen LogP contribution in [0.1, 0.15) is 125 Å². The topological polar surface area (TPSA) is 256 Å². The highest BCUT2D eigenvalue weighted by Gasteiger charge is 2.56. The molecule has 460 valence electrons. The number of carbonyl (C=O) groups is 3. The summed E-state index contributed by atoms with van der Waals surface area (Å²) < 4.78 is 42.1. The van der Waals surface area contributed by atoms with Crippen LogP contribution in [0.5, 0.6) is 0 Å². The van der Waals surface area contributed by atoms with Crippen LogP contribution in [-0.4, -0.2) is 135 Å². The van der Waals surface area contributed by atoms with Crippen molar-refractivity contribution in [1.29, 1.82) is 0 Å². The highest BCUT2D eigenvalue weighted by Crippen LogP contribution is 2.47. The second kappa shape index (κ2) is 25.1. The Bertz CT molecular complexity index is 3410. The summed E-state index contributed by atoms with van der Waals surface area (Å²) in [6.45, 7) is 35.8. The largest absolute Gasteiger partial charge is 0.416 e. The Hall–Kier alpha value is -6.84. The molecule has 23 heteroatoms. The van der Waals surface area contributed by atoms with Gasteiger partial charge in [0.05, 0.1) is 48.5 Å². The van der Waals surface area contributed by atoms with E-state index in [0.29, 0.717) is 66.1 Å². The number of amides is 1. The molecule has 4 aromatic heterocycles. The van der Waals surface area contributed by atoms with E-state index in [1.807, 2.05) is 70.2 Å². The Labute approximate surface area is 507 Å². The van der Waals surface area contributed by atoms with Gasteiger partial charge >= 0.3 is 0 Å². The highest BCUT2D eigenvalue weighted by molar-refractivity contribution is 6.74. The first-order valence-electron chi connectivity index (χ1n) is 29.5. The summed E-state index contributed by atoms with van der Waals surface area (Å²) in [5.41, 5.74) is 10.4. The molecule has 86 heavy (non-hydrogen) atoms. The van der Waals surface area contributed by atoms with Gasteiger partial charge in [-0.2, -0.15) is 10.2 Å². The molecule has 4 aliphatic rings. The molecule has 1 amide bonds. The van der Waals surface area contributed by atoms with Crippen LogP contribution >= 0.6 is 0 Å². The van der Waals surface area contributed by atoms with Crippen molar-refractivity contribution in [2.75, 3.05) is 34.9 Å². The quantitative estimate of drug-likeness (QED) is 0.0240. The molecular formula is C63H86N12O9Si2. The molecule has 6 aromatic rings. The van der Waals surface area contributed by atoms with Gasteiger partial charge in [0.25, 0.3) is 0 Å². The molecule has 0 bridgehead atoms. The molecule has 21 nitrogen and oxygen atoms in total. The first kappa shape index (κ1) is 63.7. The molecule has 2 aliphatic carbocycles. The van der Waals surface area contributed by atoms with Gasteiger partial charge in [0, 0.05) is 61.2 Å². The van der Waals surface area contributed by atoms with Crippen LogP contribution in [0.2, 0.25) is 36.3 Å². The average molecular weight is 1210 g/mol. The molecule has 6 heterocycles. The Balaban J connectivity index is 0.000000206. The molecule has 2 aromatic carbocycles. The van der Waals surface area contributed by atoms with Crippen molar-refractivity contribution < 1.29 is 42.2 Å². The molecule has 2 aliphatic heterocycles. The molecule has 0 radical (unpaired) electrons. The number of nitrogens with one attached hydrogen (secondary N) is 3. The number of benzene rings is 2. The summed E-state index contributed by atoms with van der Waals surface area (Å²) in [7, 11) is -3.89. The molecule has 2 saturated carbocycles. The predicted molar refractivity (Wildman–Crippen MR) is 335 cm³/mol. The van der Waals surface area contributed by atoms with E-state index < -0.39 is 28.2 Å². The zero-order valence-corrected chi connectivity index (χ0v) is 54.2. The lowest BCUT2D eigenvalue weighted by atomic mass is 10.1. The molecule has 0 unspecified atom stereocenters. The molecule has 2 saturated heterocycles. The Morgan fingerprint density at radius 1 is 0.663 bits per heavy atom. The van der Waals surface area contributed by atoms with Crippen molar-refractivity contribution >= 4 is 57.1 Å². The fourth-order valence-corrected chi connectivity index (χ4v) is 13.0. The van der Waals surface area contributed by atoms with Crippen LogP contribution in [0.3, 0.4) is 0 Å². The Kier molecular flexibility index (Phi) is 18.6. The first-order chi connectivity index (χ1) is 40.4. The molecular weight excluding hydrogens is 1120 g/mol. The van der Waals surface area contributed by atoms with Crippen molar-refractivity contribution in [3.05, 3.63) is 144 Å². The van der Waals surface area contributed by atoms with Gasteiger partial charge in [-0.05, 0) is 130 Å². The number of nitrogen functional groups attached to an aromatic ring is 1. The monoisotopic (exact) mass is 1210 g/mol. The predicted octanol–water partition coefficient (Wildman–Crippen LogP) is 10.3. The van der Waals surface area contributed by atoms with Gasteiger partial charge in [-0.3, -0.25) is 23.7 Å². The zero-order chi connectivity index (χ0) is 62.1. The van der Waals surface area contributed by atoms with Gasteiger partial charge in [0.2, 0.25) is 17.5 Å². The van der Waals surface area contributed by atoms with Crippen molar-refractivity contribution in [3.63, 3.8) is 0 Å². The number of fused-ring (bicyclic) bond motifs is 2. The van der Waals surface area contributed by atoms with E-state index >= 15 is 0 Å². The second-order valence-corrected chi connectivity index (χ2v) is 36.5. The van der Waals surface area contributed by atoms with Crippen LogP contribution in [-0.2, 0) is 45.7 Å². The molecule has 0 spiro atoms. The highest BCUT2D eigenvalue weighted by atomic mass is 28.4. The van der Waals surface area contributed by atoms with E-state index in [2.05, 4.69) is 120 Å². The number of ketones is 2. The molecule has 5 N–H and O–H groups in total. The van der Waals surface area contributed by atoms with Gasteiger partial charge in [0.1, 0.15) is 47.9 Å². The van der Waals surface area contributed by atoms with Crippen LogP contribution in [0.15, 0.2) is 111 Å². The van der Waals surface area contributed by atoms with E-state index in [4.69, 9.17) is 33.5 Å². The van der Waals surface area contributed by atoms with Crippen LogP contribution in [0.4, 0.5) is 23.0 Å². The van der Waals surface area contributed by atoms with Gasteiger partial charge < -0.3 is 49.5 Å². The number of rotatable bonds is 20. The SMILES string of the molecule is C=CC(=O)Nc1cccc(Cn2ccc(C(=O)c3cncnc3N[C@@H]3C[C@H](CO[Si](C)(C)C(C)(C)C)[C@H]4OC(C)(C)O[C@H]43)n2)c1.CC1(C)O[C@@H]2[C@@H](CO[Si](C)(C)C(C)(C)C)C[C@@H](Nc3ncncc3C(=O)c3ccn(Cc4cccc(N)c4)n3)[C@@H]2O1. The van der Waals surface area contributed by atoms with E-state index in [9.17, 15) is 14.4 Å². The Morgan fingerprint density at radius 2 is 1.09 bits per heavy atom. The standard InChI is InChI=1S/C33H44N6O5Si.C30H42N6O4Si/c1-9-27(40)36-23-12-10-11-21(15-23)18-39-14-13-25(38-39)28(41)24-17-34-20-35-31(24)37-26-16-22(19-42-45(7,8)32(2,3)4)29-30(26)44-33(5,6)43-29;1-29(2,3)41(6,7)38-17-20-14-24(27-26(20)39-30(4,5)40-27)34-28-22(15-32-18-33-28)25(37)23-11-12-36(35-23)16-19-9-8-10-21(31)13-19/h9-15,17,20,22,26,29-30H,1,16,18-19H2,2-8H3,(H,36,40)(H,34,35,37);8-13,15,18,20,24,26-27H,14,16-17,31H2,1-7H3,(H,32,33,34)/t22-,26-,29-,30+;20-,24-,26-,27+/m11/s1. The zero-order valence-electron chi connectivity index (χ0n) is 52.2. The van der Waals surface area contributed by atoms with E-state index in [1.54, 1.807) is 40.0 Å². The summed E-state index contributed by atoms with van der Waals surface area (Å²) in [5.74, 6) is -1.09. The van der Waals surface area contributed by atoms with Crippen LogP contribution in [0.25, 0.3) is 0 Å². The minimum Gasteiger partial charge on any atom is -0.416 e. The van der Waals surface area contributed by atoms with E-state index in [0.717, 1.165) is 24.0 Å². The summed E-state index contributed by atoms with van der Waals surface area (Å²) in [6.07, 6.45) is 11.5. The lowest BCUT2D eigenvalue weighted by molar-refractivity contribution is -0.158. The van der Waals surface area contributed by atoms with Gasteiger partial charge in [0.15, 0.2) is 28.2 Å². The maximum Gasteiger partial charge on any atom is 0.247 e. The number of anilines is 4. The van der Waals surface area contributed by atoms with Crippen LogP contribution < -0.4 is 21.7 Å². The maximum absolute atomic E-state index is 13.7. The van der Waals surface area contributed by atoms with Gasteiger partial charge in [-0.25, -0.2) is 19.9 Å². The number of nitrogens with two attached hydrogens (primary N) is 1. The minimum absolute atomic E-state index is 0.102.